The Morgan fingerprint density at radius 2 is 1.79 bits per heavy atom. The highest BCUT2D eigenvalue weighted by atomic mass is 35.5. The minimum absolute atomic E-state index is 0.0166. The second kappa shape index (κ2) is 10.7. The average Bonchev–Trinajstić information content (AvgIpc) is 2.71. The molecule has 5 nitrogen and oxygen atoms in total. The van der Waals surface area contributed by atoms with Crippen LogP contribution in [0.5, 0.6) is 0 Å². The maximum atomic E-state index is 12.2. The van der Waals surface area contributed by atoms with E-state index in [1.807, 2.05) is 48.5 Å². The number of halogens is 1. The predicted molar refractivity (Wildman–Crippen MR) is 120 cm³/mol. The lowest BCUT2D eigenvalue weighted by Gasteiger charge is -2.31. The fourth-order valence-electron chi connectivity index (χ4n) is 3.42. The largest absolute Gasteiger partial charge is 0.369 e. The molecule has 7 heteroatoms. The van der Waals surface area contributed by atoms with E-state index in [1.165, 1.54) is 0 Å². The van der Waals surface area contributed by atoms with Gasteiger partial charge in [-0.2, -0.15) is 0 Å². The summed E-state index contributed by atoms with van der Waals surface area (Å²) in [4.78, 5) is 25.8. The molecule has 2 aromatic rings. The van der Waals surface area contributed by atoms with Gasteiger partial charge in [-0.05, 0) is 54.8 Å². The van der Waals surface area contributed by atoms with E-state index in [0.717, 1.165) is 55.0 Å². The van der Waals surface area contributed by atoms with Gasteiger partial charge in [0.15, 0.2) is 0 Å². The van der Waals surface area contributed by atoms with E-state index in [9.17, 15) is 9.59 Å². The van der Waals surface area contributed by atoms with Gasteiger partial charge in [0.05, 0.1) is 11.7 Å². The number of hydrogen-bond donors (Lipinski definition) is 2. The molecule has 1 fully saturated rings. The van der Waals surface area contributed by atoms with Gasteiger partial charge in [-0.25, -0.2) is 0 Å². The van der Waals surface area contributed by atoms with Gasteiger partial charge in [0.25, 0.3) is 0 Å². The highest BCUT2D eigenvalue weighted by Gasteiger charge is 2.23. The fraction of sp³-hybridized carbons (Fsp3) is 0.364. The van der Waals surface area contributed by atoms with E-state index >= 15 is 0 Å². The van der Waals surface area contributed by atoms with Crippen molar-refractivity contribution in [3.05, 3.63) is 64.7 Å². The third kappa shape index (κ3) is 7.07. The summed E-state index contributed by atoms with van der Waals surface area (Å²) in [5, 5.41) is 3.65. The van der Waals surface area contributed by atoms with Gasteiger partial charge in [-0.3, -0.25) is 14.5 Å². The zero-order valence-electron chi connectivity index (χ0n) is 16.3. The number of piperidine rings is 1. The van der Waals surface area contributed by atoms with Crippen LogP contribution in [-0.4, -0.2) is 35.6 Å². The maximum Gasteiger partial charge on any atom is 0.234 e. The van der Waals surface area contributed by atoms with E-state index in [2.05, 4.69) is 10.2 Å². The number of nitrogens with one attached hydrogen (secondary N) is 1. The predicted octanol–water partition coefficient (Wildman–Crippen LogP) is 3.91. The van der Waals surface area contributed by atoms with Crippen LogP contribution in [0.3, 0.4) is 0 Å². The molecule has 29 heavy (non-hydrogen) atoms. The Bertz CT molecular complexity index is 827. The first-order valence-electron chi connectivity index (χ1n) is 9.72. The normalized spacial score (nSPS) is 17.1. The minimum Gasteiger partial charge on any atom is -0.369 e. The highest BCUT2D eigenvalue weighted by molar-refractivity contribution is 7.99. The van der Waals surface area contributed by atoms with Gasteiger partial charge >= 0.3 is 0 Å². The standard InChI is InChI=1S/C22H26ClN3O2S/c23-19-7-3-17(4-8-19)14-29-15-21(27)25-20-9-5-16(6-10-20)12-26-11-1-2-18(13-26)22(24)28/h3-10,18H,1-2,11-15H2,(H2,24,28)(H,25,27). The molecule has 2 aromatic carbocycles. The van der Waals surface area contributed by atoms with Crippen LogP contribution in [0.25, 0.3) is 0 Å². The smallest absolute Gasteiger partial charge is 0.234 e. The van der Waals surface area contributed by atoms with E-state index in [0.29, 0.717) is 10.8 Å². The zero-order chi connectivity index (χ0) is 20.6. The summed E-state index contributed by atoms with van der Waals surface area (Å²) in [5.41, 5.74) is 8.54. The third-order valence-corrected chi connectivity index (χ3v) is 6.22. The molecule has 3 rings (SSSR count). The van der Waals surface area contributed by atoms with Crippen molar-refractivity contribution < 1.29 is 9.59 Å². The van der Waals surface area contributed by atoms with E-state index < -0.39 is 0 Å². The first-order valence-corrected chi connectivity index (χ1v) is 11.3. The Balaban J connectivity index is 1.42. The Labute approximate surface area is 181 Å². The third-order valence-electron chi connectivity index (χ3n) is 4.97. The lowest BCUT2D eigenvalue weighted by Crippen LogP contribution is -2.40. The van der Waals surface area contributed by atoms with Gasteiger partial charge in [-0.15, -0.1) is 11.8 Å². The lowest BCUT2D eigenvalue weighted by molar-refractivity contribution is -0.123. The summed E-state index contributed by atoms with van der Waals surface area (Å²) in [5.74, 6) is 0.893. The van der Waals surface area contributed by atoms with E-state index in [-0.39, 0.29) is 17.7 Å². The van der Waals surface area contributed by atoms with Gasteiger partial charge in [0.1, 0.15) is 0 Å². The second-order valence-corrected chi connectivity index (χ2v) is 8.76. The number of anilines is 1. The summed E-state index contributed by atoms with van der Waals surface area (Å²) >= 11 is 7.45. The molecule has 154 valence electrons. The first kappa shape index (κ1) is 21.7. The van der Waals surface area contributed by atoms with Crippen LogP contribution in [0, 0.1) is 5.92 Å². The van der Waals surface area contributed by atoms with Crippen LogP contribution in [0.2, 0.25) is 5.02 Å². The van der Waals surface area contributed by atoms with Crippen molar-refractivity contribution >= 4 is 40.9 Å². The number of benzene rings is 2. The van der Waals surface area contributed by atoms with Crippen molar-refractivity contribution in [2.45, 2.75) is 25.1 Å². The average molecular weight is 432 g/mol. The number of primary amides is 1. The minimum atomic E-state index is -0.207. The van der Waals surface area contributed by atoms with Crippen molar-refractivity contribution in [3.63, 3.8) is 0 Å². The second-order valence-electron chi connectivity index (χ2n) is 7.34. The van der Waals surface area contributed by atoms with Crippen molar-refractivity contribution in [2.24, 2.45) is 11.7 Å². The molecular weight excluding hydrogens is 406 g/mol. The molecule has 0 bridgehead atoms. The molecule has 1 atom stereocenters. The Morgan fingerprint density at radius 1 is 1.10 bits per heavy atom. The number of rotatable bonds is 8. The molecular formula is C22H26ClN3O2S. The van der Waals surface area contributed by atoms with Crippen LogP contribution < -0.4 is 11.1 Å². The number of thioether (sulfide) groups is 1. The van der Waals surface area contributed by atoms with Crippen molar-refractivity contribution in [1.82, 2.24) is 4.90 Å². The number of likely N-dealkylation sites (tertiary alicyclic amines) is 1. The molecule has 1 aliphatic heterocycles. The van der Waals surface area contributed by atoms with Gasteiger partial charge in [0, 0.05) is 29.6 Å². The quantitative estimate of drug-likeness (QED) is 0.664. The number of amides is 2. The van der Waals surface area contributed by atoms with E-state index in [1.54, 1.807) is 11.8 Å². The van der Waals surface area contributed by atoms with Crippen LogP contribution in [0.15, 0.2) is 48.5 Å². The topological polar surface area (TPSA) is 75.4 Å². The molecule has 1 unspecified atom stereocenters. The fourth-order valence-corrected chi connectivity index (χ4v) is 4.34. The van der Waals surface area contributed by atoms with E-state index in [4.69, 9.17) is 17.3 Å². The zero-order valence-corrected chi connectivity index (χ0v) is 17.8. The number of nitrogens with zero attached hydrogens (tertiary/aromatic N) is 1. The number of carbonyl (C=O) groups excluding carboxylic acids is 2. The van der Waals surface area contributed by atoms with Crippen molar-refractivity contribution in [1.29, 1.82) is 0 Å². The molecule has 0 aliphatic carbocycles. The summed E-state index contributed by atoms with van der Waals surface area (Å²) in [6.45, 7) is 2.49. The Hall–Kier alpha value is -2.02. The number of carbonyl (C=O) groups is 2. The summed E-state index contributed by atoms with van der Waals surface area (Å²) < 4.78 is 0. The molecule has 0 radical (unpaired) electrons. The Kier molecular flexibility index (Phi) is 7.98. The van der Waals surface area contributed by atoms with Gasteiger partial charge in [-0.1, -0.05) is 35.9 Å². The molecule has 1 heterocycles. The molecule has 2 amide bonds. The molecule has 1 aliphatic rings. The monoisotopic (exact) mass is 431 g/mol. The van der Waals surface area contributed by atoms with Crippen LogP contribution >= 0.6 is 23.4 Å². The van der Waals surface area contributed by atoms with Gasteiger partial charge < -0.3 is 11.1 Å². The molecule has 1 saturated heterocycles. The van der Waals surface area contributed by atoms with Crippen LogP contribution in [0.1, 0.15) is 24.0 Å². The number of hydrogen-bond acceptors (Lipinski definition) is 4. The summed E-state index contributed by atoms with van der Waals surface area (Å²) in [6, 6.07) is 15.5. The highest BCUT2D eigenvalue weighted by Crippen LogP contribution is 2.20. The molecule has 0 aromatic heterocycles. The summed E-state index contributed by atoms with van der Waals surface area (Å²) in [6.07, 6.45) is 1.88. The molecule has 0 spiro atoms. The SMILES string of the molecule is NC(=O)C1CCCN(Cc2ccc(NC(=O)CSCc3ccc(Cl)cc3)cc2)C1. The Morgan fingerprint density at radius 3 is 2.48 bits per heavy atom. The van der Waals surface area contributed by atoms with Crippen LogP contribution in [-0.2, 0) is 21.9 Å². The molecule has 3 N–H and O–H groups in total. The van der Waals surface area contributed by atoms with Crippen molar-refractivity contribution in [2.75, 3.05) is 24.2 Å². The lowest BCUT2D eigenvalue weighted by atomic mass is 9.97. The van der Waals surface area contributed by atoms with Gasteiger partial charge in [0.2, 0.25) is 11.8 Å². The van der Waals surface area contributed by atoms with Crippen LogP contribution in [0.4, 0.5) is 5.69 Å². The first-order chi connectivity index (χ1) is 14.0. The molecule has 0 saturated carbocycles. The van der Waals surface area contributed by atoms with Crippen molar-refractivity contribution in [3.8, 4) is 0 Å². The maximum absolute atomic E-state index is 12.2. The number of nitrogens with two attached hydrogens (primary N) is 1. The summed E-state index contributed by atoms with van der Waals surface area (Å²) in [7, 11) is 0.